The number of hydrogen-bond acceptors (Lipinski definition) is 5. The average molecular weight is 338 g/mol. The Morgan fingerprint density at radius 2 is 1.81 bits per heavy atom. The molecule has 0 aromatic heterocycles. The third-order valence-corrected chi connectivity index (χ3v) is 3.33. The Balaban J connectivity index is 2.21. The van der Waals surface area contributed by atoms with E-state index in [9.17, 15) is 10.2 Å². The van der Waals surface area contributed by atoms with Gasteiger partial charge >= 0.3 is 0 Å². The molecule has 3 N–H and O–H groups in total. The van der Waals surface area contributed by atoms with Gasteiger partial charge in [-0.05, 0) is 25.1 Å². The van der Waals surface area contributed by atoms with Gasteiger partial charge in [0.2, 0.25) is 0 Å². The predicted molar refractivity (Wildman–Crippen MR) is 83.3 cm³/mol. The molecule has 2 atom stereocenters. The van der Waals surface area contributed by atoms with Crippen LogP contribution in [0.5, 0.6) is 5.75 Å². The van der Waals surface area contributed by atoms with Gasteiger partial charge in [-0.2, -0.15) is 0 Å². The lowest BCUT2D eigenvalue weighted by Gasteiger charge is -2.15. The predicted octanol–water partition coefficient (Wildman–Crippen LogP) is 1.72. The number of halogens is 2. The van der Waals surface area contributed by atoms with Crippen LogP contribution in [0.4, 0.5) is 0 Å². The quantitative estimate of drug-likeness (QED) is 0.567. The average Bonchev–Trinajstić information content (AvgIpc) is 2.43. The van der Waals surface area contributed by atoms with E-state index in [1.165, 1.54) is 7.11 Å². The van der Waals surface area contributed by atoms with E-state index in [0.29, 0.717) is 41.9 Å². The summed E-state index contributed by atoms with van der Waals surface area (Å²) in [6.07, 6.45) is -0.646. The van der Waals surface area contributed by atoms with E-state index in [0.717, 1.165) is 0 Å². The lowest BCUT2D eigenvalue weighted by Crippen LogP contribution is -2.33. The fourth-order valence-corrected chi connectivity index (χ4v) is 2.18. The first-order valence-electron chi connectivity index (χ1n) is 6.67. The highest BCUT2D eigenvalue weighted by Crippen LogP contribution is 2.32. The SMILES string of the molecule is COCC(O)CCNCC(O)COc1c(Cl)cccc1Cl. The fourth-order valence-electron chi connectivity index (χ4n) is 1.67. The third-order valence-electron chi connectivity index (χ3n) is 2.73. The normalized spacial score (nSPS) is 14.0. The Bertz CT molecular complexity index is 400. The Morgan fingerprint density at radius 1 is 1.14 bits per heavy atom. The van der Waals surface area contributed by atoms with Crippen molar-refractivity contribution in [1.29, 1.82) is 0 Å². The van der Waals surface area contributed by atoms with Crippen molar-refractivity contribution in [3.05, 3.63) is 28.2 Å². The first-order chi connectivity index (χ1) is 10.0. The Morgan fingerprint density at radius 3 is 2.43 bits per heavy atom. The minimum Gasteiger partial charge on any atom is -0.488 e. The van der Waals surface area contributed by atoms with E-state index in [4.69, 9.17) is 32.7 Å². The van der Waals surface area contributed by atoms with E-state index in [1.807, 2.05) is 0 Å². The van der Waals surface area contributed by atoms with Crippen molar-refractivity contribution in [2.45, 2.75) is 18.6 Å². The minimum atomic E-state index is -0.697. The molecular formula is C14H21Cl2NO4. The summed E-state index contributed by atoms with van der Waals surface area (Å²) in [5.74, 6) is 0.371. The molecular weight excluding hydrogens is 317 g/mol. The number of rotatable bonds is 10. The number of nitrogens with one attached hydrogen (secondary N) is 1. The van der Waals surface area contributed by atoms with E-state index in [-0.39, 0.29) is 6.61 Å². The van der Waals surface area contributed by atoms with Crippen molar-refractivity contribution in [1.82, 2.24) is 5.32 Å². The highest BCUT2D eigenvalue weighted by molar-refractivity contribution is 6.37. The Hall–Kier alpha value is -0.560. The largest absolute Gasteiger partial charge is 0.488 e. The Labute approximate surface area is 134 Å². The molecule has 120 valence electrons. The van der Waals surface area contributed by atoms with Crippen LogP contribution in [0.15, 0.2) is 18.2 Å². The molecule has 0 amide bonds. The molecule has 1 rings (SSSR count). The summed E-state index contributed by atoms with van der Waals surface area (Å²) in [5, 5.41) is 23.1. The zero-order valence-corrected chi connectivity index (χ0v) is 13.4. The molecule has 7 heteroatoms. The second-order valence-electron chi connectivity index (χ2n) is 4.62. The van der Waals surface area contributed by atoms with Crippen molar-refractivity contribution in [2.75, 3.05) is 33.4 Å². The monoisotopic (exact) mass is 337 g/mol. The van der Waals surface area contributed by atoms with Crippen LogP contribution >= 0.6 is 23.2 Å². The first-order valence-corrected chi connectivity index (χ1v) is 7.42. The van der Waals surface area contributed by atoms with Gasteiger partial charge in [0.25, 0.3) is 0 Å². The van der Waals surface area contributed by atoms with E-state index in [1.54, 1.807) is 18.2 Å². The highest BCUT2D eigenvalue weighted by atomic mass is 35.5. The van der Waals surface area contributed by atoms with Crippen LogP contribution in [0.25, 0.3) is 0 Å². The van der Waals surface area contributed by atoms with Crippen LogP contribution in [0.1, 0.15) is 6.42 Å². The van der Waals surface area contributed by atoms with E-state index < -0.39 is 12.2 Å². The molecule has 1 aromatic carbocycles. The number of aliphatic hydroxyl groups excluding tert-OH is 2. The van der Waals surface area contributed by atoms with Gasteiger partial charge in [-0.25, -0.2) is 0 Å². The molecule has 0 aliphatic carbocycles. The number of hydrogen-bond donors (Lipinski definition) is 3. The number of para-hydroxylation sites is 1. The van der Waals surface area contributed by atoms with Gasteiger partial charge in [-0.15, -0.1) is 0 Å². The summed E-state index contributed by atoms with van der Waals surface area (Å²) in [6, 6.07) is 5.07. The van der Waals surface area contributed by atoms with Crippen molar-refractivity contribution in [2.24, 2.45) is 0 Å². The zero-order valence-electron chi connectivity index (χ0n) is 11.9. The third kappa shape index (κ3) is 7.31. The maximum Gasteiger partial charge on any atom is 0.156 e. The van der Waals surface area contributed by atoms with Gasteiger partial charge < -0.3 is 25.0 Å². The van der Waals surface area contributed by atoms with Gasteiger partial charge in [0.05, 0.1) is 22.8 Å². The smallest absolute Gasteiger partial charge is 0.156 e. The van der Waals surface area contributed by atoms with Crippen LogP contribution in [0, 0.1) is 0 Å². The summed E-state index contributed by atoms with van der Waals surface area (Å²) >= 11 is 11.9. The second-order valence-corrected chi connectivity index (χ2v) is 5.43. The summed E-state index contributed by atoms with van der Waals surface area (Å²) in [6.45, 7) is 1.31. The molecule has 0 heterocycles. The van der Waals surface area contributed by atoms with Gasteiger partial charge in [-0.3, -0.25) is 0 Å². The molecule has 0 radical (unpaired) electrons. The second kappa shape index (κ2) is 10.2. The van der Waals surface area contributed by atoms with Crippen molar-refractivity contribution in [3.8, 4) is 5.75 Å². The fraction of sp³-hybridized carbons (Fsp3) is 0.571. The summed E-state index contributed by atoms with van der Waals surface area (Å²) in [7, 11) is 1.54. The molecule has 21 heavy (non-hydrogen) atoms. The maximum atomic E-state index is 9.80. The van der Waals surface area contributed by atoms with E-state index in [2.05, 4.69) is 5.32 Å². The van der Waals surface area contributed by atoms with Gasteiger partial charge in [0.1, 0.15) is 12.7 Å². The summed E-state index contributed by atoms with van der Waals surface area (Å²) in [5.41, 5.74) is 0. The standard InChI is InChI=1S/C14H21Cl2NO4/c1-20-8-10(18)5-6-17-7-11(19)9-21-14-12(15)3-2-4-13(14)16/h2-4,10-11,17-19H,5-9H2,1H3. The molecule has 2 unspecified atom stereocenters. The molecule has 0 bridgehead atoms. The van der Waals surface area contributed by atoms with Crippen LogP contribution < -0.4 is 10.1 Å². The van der Waals surface area contributed by atoms with E-state index >= 15 is 0 Å². The number of ether oxygens (including phenoxy) is 2. The van der Waals surface area contributed by atoms with Gasteiger partial charge in [0.15, 0.2) is 5.75 Å². The number of methoxy groups -OCH3 is 1. The molecule has 0 fully saturated rings. The van der Waals surface area contributed by atoms with Gasteiger partial charge in [-0.1, -0.05) is 29.3 Å². The van der Waals surface area contributed by atoms with Crippen LogP contribution in [0.3, 0.4) is 0 Å². The van der Waals surface area contributed by atoms with Crippen molar-refractivity contribution >= 4 is 23.2 Å². The lowest BCUT2D eigenvalue weighted by atomic mass is 10.2. The molecule has 0 spiro atoms. The van der Waals surface area contributed by atoms with Crippen LogP contribution in [-0.4, -0.2) is 55.8 Å². The highest BCUT2D eigenvalue weighted by Gasteiger charge is 2.10. The topological polar surface area (TPSA) is 71.0 Å². The molecule has 0 aliphatic rings. The molecule has 5 nitrogen and oxygen atoms in total. The van der Waals surface area contributed by atoms with Crippen molar-refractivity contribution < 1.29 is 19.7 Å². The molecule has 0 saturated carbocycles. The number of aliphatic hydroxyl groups is 2. The lowest BCUT2D eigenvalue weighted by molar-refractivity contribution is 0.0577. The summed E-state index contributed by atoms with van der Waals surface area (Å²) < 4.78 is 10.2. The van der Waals surface area contributed by atoms with Crippen LogP contribution in [-0.2, 0) is 4.74 Å². The van der Waals surface area contributed by atoms with Crippen molar-refractivity contribution in [3.63, 3.8) is 0 Å². The molecule has 0 aliphatic heterocycles. The number of benzene rings is 1. The Kier molecular flexibility index (Phi) is 8.99. The maximum absolute atomic E-state index is 9.80. The first kappa shape index (κ1) is 18.5. The van der Waals surface area contributed by atoms with Crippen LogP contribution in [0.2, 0.25) is 10.0 Å². The zero-order chi connectivity index (χ0) is 15.7. The minimum absolute atomic E-state index is 0.0804. The summed E-state index contributed by atoms with van der Waals surface area (Å²) in [4.78, 5) is 0. The molecule has 0 saturated heterocycles. The molecule has 1 aromatic rings. The van der Waals surface area contributed by atoms with Gasteiger partial charge in [0, 0.05) is 13.7 Å².